The van der Waals surface area contributed by atoms with Crippen LogP contribution >= 0.6 is 12.4 Å². The molecule has 1 heterocycles. The molecule has 0 aromatic carbocycles. The van der Waals surface area contributed by atoms with Crippen LogP contribution in [0.15, 0.2) is 17.2 Å². The van der Waals surface area contributed by atoms with Crippen LogP contribution in [0.3, 0.4) is 0 Å². The molecule has 0 atom stereocenters. The zero-order valence-corrected chi connectivity index (χ0v) is 9.83. The minimum atomic E-state index is -0.361. The summed E-state index contributed by atoms with van der Waals surface area (Å²) >= 11 is 0. The van der Waals surface area contributed by atoms with E-state index in [4.69, 9.17) is 15.0 Å². The highest BCUT2D eigenvalue weighted by Gasteiger charge is 2.38. The molecule has 1 aromatic heterocycles. The van der Waals surface area contributed by atoms with E-state index in [1.54, 1.807) is 6.08 Å². The normalized spacial score (nSPS) is 17.3. The van der Waals surface area contributed by atoms with Gasteiger partial charge in [0.2, 0.25) is 0 Å². The van der Waals surface area contributed by atoms with Gasteiger partial charge in [-0.2, -0.15) is 4.98 Å². The highest BCUT2D eigenvalue weighted by atomic mass is 35.5. The van der Waals surface area contributed by atoms with Gasteiger partial charge in [0, 0.05) is 0 Å². The largest absolute Gasteiger partial charge is 0.368 e. The molecule has 1 aromatic rings. The van der Waals surface area contributed by atoms with Crippen LogP contribution in [0.25, 0.3) is 0 Å². The van der Waals surface area contributed by atoms with Crippen molar-refractivity contribution in [3.05, 3.63) is 24.4 Å². The fourth-order valence-corrected chi connectivity index (χ4v) is 1.53. The Morgan fingerprint density at radius 1 is 1.56 bits per heavy atom. The van der Waals surface area contributed by atoms with Crippen molar-refractivity contribution in [3.8, 4) is 0 Å². The molecule has 6 heteroatoms. The Bertz CT molecular complexity index is 350. The first kappa shape index (κ1) is 13.2. The zero-order valence-electron chi connectivity index (χ0n) is 9.02. The SMILES string of the molecule is C=CCOCc1nc(C2(N)CCC2)no1.Cl. The highest BCUT2D eigenvalue weighted by molar-refractivity contribution is 5.85. The summed E-state index contributed by atoms with van der Waals surface area (Å²) in [4.78, 5) is 4.21. The molecule has 1 saturated carbocycles. The van der Waals surface area contributed by atoms with E-state index in [1.165, 1.54) is 0 Å². The molecule has 0 saturated heterocycles. The fourth-order valence-electron chi connectivity index (χ4n) is 1.53. The lowest BCUT2D eigenvalue weighted by Gasteiger charge is -2.34. The summed E-state index contributed by atoms with van der Waals surface area (Å²) in [5.74, 6) is 1.08. The van der Waals surface area contributed by atoms with Crippen LogP contribution in [-0.2, 0) is 16.9 Å². The van der Waals surface area contributed by atoms with Crippen molar-refractivity contribution in [1.82, 2.24) is 10.1 Å². The standard InChI is InChI=1S/C10H15N3O2.ClH/c1-2-6-14-7-8-12-9(13-15-8)10(11)4-3-5-10;/h2H,1,3-7,11H2;1H. The molecule has 90 valence electrons. The Hall–Kier alpha value is -0.910. The van der Waals surface area contributed by atoms with E-state index >= 15 is 0 Å². The molecule has 16 heavy (non-hydrogen) atoms. The fraction of sp³-hybridized carbons (Fsp3) is 0.600. The summed E-state index contributed by atoms with van der Waals surface area (Å²) in [6.45, 7) is 4.34. The average molecular weight is 246 g/mol. The minimum Gasteiger partial charge on any atom is -0.368 e. The molecule has 0 bridgehead atoms. The van der Waals surface area contributed by atoms with Crippen LogP contribution in [0.2, 0.25) is 0 Å². The molecule has 1 aliphatic rings. The van der Waals surface area contributed by atoms with Gasteiger partial charge in [0.05, 0.1) is 12.1 Å². The Labute approximate surface area is 100 Å². The van der Waals surface area contributed by atoms with Gasteiger partial charge < -0.3 is 15.0 Å². The Morgan fingerprint density at radius 3 is 2.88 bits per heavy atom. The monoisotopic (exact) mass is 245 g/mol. The molecule has 2 N–H and O–H groups in total. The summed E-state index contributed by atoms with van der Waals surface area (Å²) in [6.07, 6.45) is 4.67. The van der Waals surface area contributed by atoms with Crippen LogP contribution in [0.1, 0.15) is 31.0 Å². The van der Waals surface area contributed by atoms with Crippen LogP contribution in [0.5, 0.6) is 0 Å². The lowest BCUT2D eigenvalue weighted by molar-refractivity contribution is 0.121. The maximum absolute atomic E-state index is 6.05. The average Bonchev–Trinajstić information content (AvgIpc) is 2.64. The van der Waals surface area contributed by atoms with Crippen LogP contribution in [-0.4, -0.2) is 16.7 Å². The zero-order chi connectivity index (χ0) is 10.7. The highest BCUT2D eigenvalue weighted by Crippen LogP contribution is 2.36. The number of nitrogens with zero attached hydrogens (tertiary/aromatic N) is 2. The number of ether oxygens (including phenoxy) is 1. The van der Waals surface area contributed by atoms with Gasteiger partial charge in [0.1, 0.15) is 6.61 Å². The topological polar surface area (TPSA) is 74.2 Å². The summed E-state index contributed by atoms with van der Waals surface area (Å²) in [5.41, 5.74) is 5.69. The number of aromatic nitrogens is 2. The number of nitrogens with two attached hydrogens (primary N) is 1. The molecule has 1 aliphatic carbocycles. The Balaban J connectivity index is 0.00000128. The predicted octanol–water partition coefficient (Wildman–Crippen LogP) is 1.53. The van der Waals surface area contributed by atoms with Gasteiger partial charge in [0.15, 0.2) is 5.82 Å². The van der Waals surface area contributed by atoms with Gasteiger partial charge in [-0.15, -0.1) is 19.0 Å². The third-order valence-corrected chi connectivity index (χ3v) is 2.62. The molecule has 1 fully saturated rings. The second-order valence-corrected chi connectivity index (χ2v) is 3.83. The summed E-state index contributed by atoms with van der Waals surface area (Å²) in [5, 5.41) is 3.87. The number of hydrogen-bond donors (Lipinski definition) is 1. The van der Waals surface area contributed by atoms with E-state index in [-0.39, 0.29) is 17.9 Å². The second-order valence-electron chi connectivity index (χ2n) is 3.83. The van der Waals surface area contributed by atoms with Crippen molar-refractivity contribution in [2.45, 2.75) is 31.4 Å². The maximum atomic E-state index is 6.05. The second kappa shape index (κ2) is 5.43. The first-order valence-corrected chi connectivity index (χ1v) is 5.05. The van der Waals surface area contributed by atoms with Crippen molar-refractivity contribution >= 4 is 12.4 Å². The molecule has 0 radical (unpaired) electrons. The van der Waals surface area contributed by atoms with Gasteiger partial charge in [-0.1, -0.05) is 11.2 Å². The summed E-state index contributed by atoms with van der Waals surface area (Å²) in [6, 6.07) is 0. The molecule has 2 rings (SSSR count). The van der Waals surface area contributed by atoms with Gasteiger partial charge in [-0.05, 0) is 19.3 Å². The molecule has 0 aliphatic heterocycles. The van der Waals surface area contributed by atoms with Crippen molar-refractivity contribution < 1.29 is 9.26 Å². The Morgan fingerprint density at radius 2 is 2.31 bits per heavy atom. The van der Waals surface area contributed by atoms with Crippen molar-refractivity contribution in [2.24, 2.45) is 5.73 Å². The smallest absolute Gasteiger partial charge is 0.252 e. The summed E-state index contributed by atoms with van der Waals surface area (Å²) < 4.78 is 10.2. The van der Waals surface area contributed by atoms with Gasteiger partial charge in [0.25, 0.3) is 5.89 Å². The third-order valence-electron chi connectivity index (χ3n) is 2.62. The lowest BCUT2D eigenvalue weighted by Crippen LogP contribution is -2.44. The molecular formula is C10H16ClN3O2. The van der Waals surface area contributed by atoms with Crippen molar-refractivity contribution in [2.75, 3.05) is 6.61 Å². The lowest BCUT2D eigenvalue weighted by atomic mass is 9.77. The van der Waals surface area contributed by atoms with Crippen LogP contribution in [0, 0.1) is 0 Å². The first-order chi connectivity index (χ1) is 7.24. The van der Waals surface area contributed by atoms with E-state index in [0.717, 1.165) is 19.3 Å². The Kier molecular flexibility index (Phi) is 4.46. The van der Waals surface area contributed by atoms with E-state index in [1.807, 2.05) is 0 Å². The minimum absolute atomic E-state index is 0. The molecule has 0 amide bonds. The third kappa shape index (κ3) is 2.61. The van der Waals surface area contributed by atoms with E-state index in [9.17, 15) is 0 Å². The molecule has 5 nitrogen and oxygen atoms in total. The summed E-state index contributed by atoms with van der Waals surface area (Å²) in [7, 11) is 0. The quantitative estimate of drug-likeness (QED) is 0.629. The van der Waals surface area contributed by atoms with Gasteiger partial charge in [-0.3, -0.25) is 0 Å². The molecule has 0 unspecified atom stereocenters. The van der Waals surface area contributed by atoms with E-state index in [0.29, 0.717) is 24.9 Å². The molecule has 0 spiro atoms. The van der Waals surface area contributed by atoms with Crippen LogP contribution in [0.4, 0.5) is 0 Å². The van der Waals surface area contributed by atoms with Crippen LogP contribution < -0.4 is 5.73 Å². The van der Waals surface area contributed by atoms with Crippen molar-refractivity contribution in [1.29, 1.82) is 0 Å². The first-order valence-electron chi connectivity index (χ1n) is 5.05. The molecular weight excluding hydrogens is 230 g/mol. The predicted molar refractivity (Wildman–Crippen MR) is 61.1 cm³/mol. The van der Waals surface area contributed by atoms with E-state index in [2.05, 4.69) is 16.7 Å². The van der Waals surface area contributed by atoms with Gasteiger partial charge >= 0.3 is 0 Å². The van der Waals surface area contributed by atoms with E-state index < -0.39 is 0 Å². The number of halogens is 1. The maximum Gasteiger partial charge on any atom is 0.252 e. The number of rotatable bonds is 5. The van der Waals surface area contributed by atoms with Gasteiger partial charge in [-0.25, -0.2) is 0 Å². The number of hydrogen-bond acceptors (Lipinski definition) is 5. The van der Waals surface area contributed by atoms with Crippen molar-refractivity contribution in [3.63, 3.8) is 0 Å².